The van der Waals surface area contributed by atoms with Crippen molar-refractivity contribution in [2.24, 2.45) is 0 Å². The second kappa shape index (κ2) is 7.06. The normalized spacial score (nSPS) is 21.2. The van der Waals surface area contributed by atoms with E-state index in [-0.39, 0.29) is 12.1 Å². The van der Waals surface area contributed by atoms with E-state index in [0.29, 0.717) is 25.5 Å². The predicted octanol–water partition coefficient (Wildman–Crippen LogP) is 2.00. The number of aryl methyl sites for hydroxylation is 1. The molecule has 2 aliphatic rings. The lowest BCUT2D eigenvalue weighted by Crippen LogP contribution is -2.47. The van der Waals surface area contributed by atoms with Crippen molar-refractivity contribution in [2.45, 2.75) is 44.8 Å². The molecule has 0 spiro atoms. The van der Waals surface area contributed by atoms with Gasteiger partial charge in [0.15, 0.2) is 5.82 Å². The fraction of sp³-hybridized carbons (Fsp3) is 0.526. The monoisotopic (exact) mass is 340 g/mol. The quantitative estimate of drug-likeness (QED) is 0.918. The third-order valence-corrected chi connectivity index (χ3v) is 4.92. The minimum Gasteiger partial charge on any atom is -0.393 e. The van der Waals surface area contributed by atoms with E-state index < -0.39 is 0 Å². The third kappa shape index (κ3) is 3.37. The van der Waals surface area contributed by atoms with Gasteiger partial charge >= 0.3 is 0 Å². The zero-order chi connectivity index (χ0) is 17.2. The number of rotatable bonds is 4. The van der Waals surface area contributed by atoms with Crippen LogP contribution in [0.25, 0.3) is 11.5 Å². The van der Waals surface area contributed by atoms with Crippen molar-refractivity contribution in [2.75, 3.05) is 24.7 Å². The molecule has 0 radical (unpaired) electrons. The van der Waals surface area contributed by atoms with E-state index in [2.05, 4.69) is 9.88 Å². The van der Waals surface area contributed by atoms with E-state index >= 15 is 0 Å². The first kappa shape index (κ1) is 16.4. The van der Waals surface area contributed by atoms with Crippen molar-refractivity contribution >= 4 is 5.82 Å². The number of hydrogen-bond donors (Lipinski definition) is 1. The Hall–Kier alpha value is -2.05. The van der Waals surface area contributed by atoms with E-state index in [1.165, 1.54) is 5.56 Å². The van der Waals surface area contributed by atoms with Crippen LogP contribution in [0.2, 0.25) is 0 Å². The number of hydrogen-bond acceptors (Lipinski definition) is 6. The summed E-state index contributed by atoms with van der Waals surface area (Å²) in [7, 11) is 0. The lowest BCUT2D eigenvalue weighted by molar-refractivity contribution is 0.0717. The Morgan fingerprint density at radius 1 is 1.32 bits per heavy atom. The van der Waals surface area contributed by atoms with Gasteiger partial charge in [0.05, 0.1) is 25.4 Å². The number of pyridine rings is 1. The molecule has 132 valence electrons. The lowest BCUT2D eigenvalue weighted by Gasteiger charge is -2.38. The van der Waals surface area contributed by atoms with Gasteiger partial charge in [-0.2, -0.15) is 0 Å². The maximum Gasteiger partial charge on any atom is 0.180 e. The summed E-state index contributed by atoms with van der Waals surface area (Å²) < 4.78 is 5.66. The van der Waals surface area contributed by atoms with Crippen LogP contribution >= 0.6 is 0 Å². The summed E-state index contributed by atoms with van der Waals surface area (Å²) in [5, 5.41) is 9.87. The van der Waals surface area contributed by atoms with Crippen LogP contribution in [0.4, 0.5) is 5.82 Å². The van der Waals surface area contributed by atoms with Gasteiger partial charge in [0, 0.05) is 24.0 Å². The number of anilines is 1. The molecule has 0 bridgehead atoms. The third-order valence-electron chi connectivity index (χ3n) is 4.92. The molecule has 2 aromatic rings. The zero-order valence-corrected chi connectivity index (χ0v) is 14.6. The Bertz CT molecular complexity index is 736. The van der Waals surface area contributed by atoms with E-state index in [4.69, 9.17) is 14.7 Å². The SMILES string of the molecule is CC(O)CC1COCCN1c1nc(-c2ccccn2)nc2c1CCC2. The van der Waals surface area contributed by atoms with Gasteiger partial charge in [-0.1, -0.05) is 6.07 Å². The summed E-state index contributed by atoms with van der Waals surface area (Å²) in [6, 6.07) is 5.96. The smallest absolute Gasteiger partial charge is 0.180 e. The highest BCUT2D eigenvalue weighted by Gasteiger charge is 2.30. The van der Waals surface area contributed by atoms with Crippen LogP contribution < -0.4 is 4.90 Å². The number of fused-ring (bicyclic) bond motifs is 1. The fourth-order valence-corrected chi connectivity index (χ4v) is 3.78. The highest BCUT2D eigenvalue weighted by molar-refractivity contribution is 5.59. The van der Waals surface area contributed by atoms with Gasteiger partial charge in [-0.25, -0.2) is 9.97 Å². The van der Waals surface area contributed by atoms with Crippen LogP contribution in [0.3, 0.4) is 0 Å². The van der Waals surface area contributed by atoms with Gasteiger partial charge in [0.2, 0.25) is 0 Å². The average molecular weight is 340 g/mol. The van der Waals surface area contributed by atoms with Gasteiger partial charge in [0.1, 0.15) is 11.5 Å². The van der Waals surface area contributed by atoms with Crippen LogP contribution in [0.5, 0.6) is 0 Å². The predicted molar refractivity (Wildman–Crippen MR) is 95.5 cm³/mol. The second-order valence-electron chi connectivity index (χ2n) is 6.87. The standard InChI is InChI=1S/C19H24N4O2/c1-13(24)11-14-12-25-10-9-23(14)19-15-5-4-7-16(15)21-18(22-19)17-6-2-3-8-20-17/h2-3,6,8,13-14,24H,4-5,7,9-12H2,1H3. The van der Waals surface area contributed by atoms with Crippen molar-refractivity contribution in [3.8, 4) is 11.5 Å². The summed E-state index contributed by atoms with van der Waals surface area (Å²) in [5.74, 6) is 1.70. The van der Waals surface area contributed by atoms with Crippen LogP contribution in [-0.2, 0) is 17.6 Å². The largest absolute Gasteiger partial charge is 0.393 e. The van der Waals surface area contributed by atoms with E-state index in [0.717, 1.165) is 43.0 Å². The summed E-state index contributed by atoms with van der Waals surface area (Å²) in [4.78, 5) is 16.4. The van der Waals surface area contributed by atoms with E-state index in [1.54, 1.807) is 6.20 Å². The Morgan fingerprint density at radius 3 is 3.04 bits per heavy atom. The molecular weight excluding hydrogens is 316 g/mol. The minimum atomic E-state index is -0.362. The van der Waals surface area contributed by atoms with Crippen molar-refractivity contribution in [3.63, 3.8) is 0 Å². The maximum absolute atomic E-state index is 9.87. The molecule has 1 saturated heterocycles. The Morgan fingerprint density at radius 2 is 2.24 bits per heavy atom. The summed E-state index contributed by atoms with van der Waals surface area (Å²) >= 11 is 0. The first-order chi connectivity index (χ1) is 12.2. The summed E-state index contributed by atoms with van der Waals surface area (Å²) in [6.45, 7) is 3.94. The van der Waals surface area contributed by atoms with Gasteiger partial charge < -0.3 is 14.7 Å². The summed E-state index contributed by atoms with van der Waals surface area (Å²) in [5.41, 5.74) is 3.21. The molecule has 3 heterocycles. The molecule has 6 nitrogen and oxygen atoms in total. The minimum absolute atomic E-state index is 0.143. The lowest BCUT2D eigenvalue weighted by atomic mass is 10.1. The molecule has 6 heteroatoms. The van der Waals surface area contributed by atoms with Gasteiger partial charge in [-0.15, -0.1) is 0 Å². The second-order valence-corrected chi connectivity index (χ2v) is 6.87. The Labute approximate surface area is 147 Å². The Balaban J connectivity index is 1.76. The van der Waals surface area contributed by atoms with Crippen LogP contribution in [0.15, 0.2) is 24.4 Å². The number of aliphatic hydroxyl groups is 1. The molecule has 0 saturated carbocycles. The molecule has 1 N–H and O–H groups in total. The molecule has 0 amide bonds. The van der Waals surface area contributed by atoms with E-state index in [1.807, 2.05) is 25.1 Å². The fourth-order valence-electron chi connectivity index (χ4n) is 3.78. The molecule has 1 aliphatic heterocycles. The van der Waals surface area contributed by atoms with Crippen molar-refractivity contribution in [3.05, 3.63) is 35.7 Å². The number of aliphatic hydroxyl groups excluding tert-OH is 1. The van der Waals surface area contributed by atoms with Crippen LogP contribution in [0, 0.1) is 0 Å². The number of nitrogens with zero attached hydrogens (tertiary/aromatic N) is 4. The van der Waals surface area contributed by atoms with Crippen molar-refractivity contribution in [1.29, 1.82) is 0 Å². The molecule has 4 rings (SSSR count). The summed E-state index contributed by atoms with van der Waals surface area (Å²) in [6.07, 6.45) is 5.23. The van der Waals surface area contributed by atoms with Crippen LogP contribution in [-0.4, -0.2) is 52.0 Å². The van der Waals surface area contributed by atoms with Crippen LogP contribution in [0.1, 0.15) is 31.0 Å². The maximum atomic E-state index is 9.87. The first-order valence-corrected chi connectivity index (χ1v) is 9.06. The number of aromatic nitrogens is 3. The average Bonchev–Trinajstić information content (AvgIpc) is 3.10. The van der Waals surface area contributed by atoms with Crippen molar-refractivity contribution in [1.82, 2.24) is 15.0 Å². The van der Waals surface area contributed by atoms with Gasteiger partial charge in [-0.3, -0.25) is 4.98 Å². The molecule has 1 fully saturated rings. The number of ether oxygens (including phenoxy) is 1. The molecule has 2 atom stereocenters. The molecule has 0 aromatic carbocycles. The highest BCUT2D eigenvalue weighted by atomic mass is 16.5. The first-order valence-electron chi connectivity index (χ1n) is 9.06. The highest BCUT2D eigenvalue weighted by Crippen LogP contribution is 2.33. The molecule has 2 unspecified atom stereocenters. The number of morpholine rings is 1. The molecule has 1 aliphatic carbocycles. The molecule has 25 heavy (non-hydrogen) atoms. The van der Waals surface area contributed by atoms with Gasteiger partial charge in [-0.05, 0) is 44.7 Å². The zero-order valence-electron chi connectivity index (χ0n) is 14.6. The van der Waals surface area contributed by atoms with Crippen molar-refractivity contribution < 1.29 is 9.84 Å². The Kier molecular flexibility index (Phi) is 4.63. The van der Waals surface area contributed by atoms with E-state index in [9.17, 15) is 5.11 Å². The molecule has 2 aromatic heterocycles. The topological polar surface area (TPSA) is 71.4 Å². The molecular formula is C19H24N4O2. The van der Waals surface area contributed by atoms with Gasteiger partial charge in [0.25, 0.3) is 0 Å².